The third-order valence-corrected chi connectivity index (χ3v) is 2.06. The maximum absolute atomic E-state index is 5.55. The Labute approximate surface area is 87.9 Å². The summed E-state index contributed by atoms with van der Waals surface area (Å²) in [7, 11) is 1.88. The Morgan fingerprint density at radius 3 is 2.73 bits per heavy atom. The van der Waals surface area contributed by atoms with Gasteiger partial charge < -0.3 is 11.1 Å². The van der Waals surface area contributed by atoms with Crippen LogP contribution in [0.4, 0.5) is 17.2 Å². The van der Waals surface area contributed by atoms with Crippen LogP contribution >= 0.6 is 0 Å². The average Bonchev–Trinajstić information content (AvgIpc) is 2.49. The van der Waals surface area contributed by atoms with Gasteiger partial charge in [-0.1, -0.05) is 0 Å². The van der Waals surface area contributed by atoms with Crippen LogP contribution in [0.25, 0.3) is 0 Å². The van der Waals surface area contributed by atoms with Crippen molar-refractivity contribution in [3.05, 3.63) is 30.2 Å². The Kier molecular flexibility index (Phi) is 2.29. The molecule has 78 valence electrons. The van der Waals surface area contributed by atoms with E-state index >= 15 is 0 Å². The molecule has 0 aliphatic carbocycles. The standard InChI is InChI=1S/C10H13N5/c1-7-9(6-15(2)14-7)13-10-4-3-8(11)5-12-10/h3-6H,11H2,1-2H3,(H,12,13). The molecule has 0 atom stereocenters. The first-order valence-corrected chi connectivity index (χ1v) is 4.64. The van der Waals surface area contributed by atoms with Crippen molar-refractivity contribution in [3.8, 4) is 0 Å². The number of nitrogens with zero attached hydrogens (tertiary/aromatic N) is 3. The summed E-state index contributed by atoms with van der Waals surface area (Å²) >= 11 is 0. The molecule has 0 saturated heterocycles. The SMILES string of the molecule is Cc1nn(C)cc1Nc1ccc(N)cn1. The molecule has 2 aromatic heterocycles. The molecular weight excluding hydrogens is 190 g/mol. The van der Waals surface area contributed by atoms with Gasteiger partial charge in [0.05, 0.1) is 23.3 Å². The summed E-state index contributed by atoms with van der Waals surface area (Å²) in [4.78, 5) is 4.15. The van der Waals surface area contributed by atoms with Crippen LogP contribution in [-0.4, -0.2) is 14.8 Å². The zero-order chi connectivity index (χ0) is 10.8. The Morgan fingerprint density at radius 2 is 2.20 bits per heavy atom. The largest absolute Gasteiger partial charge is 0.397 e. The second-order valence-corrected chi connectivity index (χ2v) is 3.40. The van der Waals surface area contributed by atoms with Crippen molar-refractivity contribution >= 4 is 17.2 Å². The first kappa shape index (κ1) is 9.51. The van der Waals surface area contributed by atoms with Gasteiger partial charge in [-0.15, -0.1) is 0 Å². The highest BCUT2D eigenvalue weighted by Crippen LogP contribution is 2.17. The number of hydrogen-bond donors (Lipinski definition) is 2. The van der Waals surface area contributed by atoms with E-state index in [2.05, 4.69) is 15.4 Å². The van der Waals surface area contributed by atoms with Gasteiger partial charge in [0.1, 0.15) is 5.82 Å². The number of hydrogen-bond acceptors (Lipinski definition) is 4. The fourth-order valence-electron chi connectivity index (χ4n) is 1.34. The highest BCUT2D eigenvalue weighted by Gasteiger charge is 2.03. The smallest absolute Gasteiger partial charge is 0.130 e. The van der Waals surface area contributed by atoms with Crippen LogP contribution in [0.5, 0.6) is 0 Å². The van der Waals surface area contributed by atoms with E-state index < -0.39 is 0 Å². The minimum atomic E-state index is 0.656. The van der Waals surface area contributed by atoms with Crippen molar-refractivity contribution < 1.29 is 0 Å². The van der Waals surface area contributed by atoms with Crippen molar-refractivity contribution in [2.24, 2.45) is 7.05 Å². The summed E-state index contributed by atoms with van der Waals surface area (Å²) in [6.07, 6.45) is 3.53. The Balaban J connectivity index is 2.21. The van der Waals surface area contributed by atoms with Crippen molar-refractivity contribution in [1.82, 2.24) is 14.8 Å². The van der Waals surface area contributed by atoms with Gasteiger partial charge in [-0.2, -0.15) is 5.10 Å². The van der Waals surface area contributed by atoms with Gasteiger partial charge in [0.2, 0.25) is 0 Å². The molecular formula is C10H13N5. The highest BCUT2D eigenvalue weighted by atomic mass is 15.3. The summed E-state index contributed by atoms with van der Waals surface area (Å²) in [6, 6.07) is 3.64. The molecule has 2 aromatic rings. The first-order chi connectivity index (χ1) is 7.15. The molecule has 2 rings (SSSR count). The maximum atomic E-state index is 5.55. The summed E-state index contributed by atoms with van der Waals surface area (Å²) in [5.41, 5.74) is 8.10. The minimum Gasteiger partial charge on any atom is -0.397 e. The van der Waals surface area contributed by atoms with Crippen LogP contribution in [0, 0.1) is 6.92 Å². The molecule has 0 spiro atoms. The van der Waals surface area contributed by atoms with Crippen LogP contribution in [0.15, 0.2) is 24.5 Å². The number of nitrogens with one attached hydrogen (secondary N) is 1. The van der Waals surface area contributed by atoms with E-state index in [1.807, 2.05) is 26.2 Å². The molecule has 0 saturated carbocycles. The molecule has 0 fully saturated rings. The second-order valence-electron chi connectivity index (χ2n) is 3.40. The van der Waals surface area contributed by atoms with Crippen molar-refractivity contribution in [2.45, 2.75) is 6.92 Å². The highest BCUT2D eigenvalue weighted by molar-refractivity contribution is 5.58. The van der Waals surface area contributed by atoms with Crippen LogP contribution in [0.2, 0.25) is 0 Å². The number of rotatable bonds is 2. The van der Waals surface area contributed by atoms with Gasteiger partial charge in [-0.05, 0) is 19.1 Å². The van der Waals surface area contributed by atoms with Crippen LogP contribution in [0.3, 0.4) is 0 Å². The molecule has 15 heavy (non-hydrogen) atoms. The van der Waals surface area contributed by atoms with E-state index in [9.17, 15) is 0 Å². The zero-order valence-corrected chi connectivity index (χ0v) is 8.73. The van der Waals surface area contributed by atoms with Crippen molar-refractivity contribution in [3.63, 3.8) is 0 Å². The van der Waals surface area contributed by atoms with E-state index in [0.29, 0.717) is 5.69 Å². The van der Waals surface area contributed by atoms with Gasteiger partial charge in [0.25, 0.3) is 0 Å². The number of pyridine rings is 1. The topological polar surface area (TPSA) is 68.8 Å². The van der Waals surface area contributed by atoms with Gasteiger partial charge >= 0.3 is 0 Å². The third-order valence-electron chi connectivity index (χ3n) is 2.06. The molecule has 0 aromatic carbocycles. The van der Waals surface area contributed by atoms with E-state index in [-0.39, 0.29) is 0 Å². The van der Waals surface area contributed by atoms with Gasteiger partial charge in [0.15, 0.2) is 0 Å². The second kappa shape index (κ2) is 3.61. The van der Waals surface area contributed by atoms with E-state index in [1.54, 1.807) is 16.9 Å². The number of nitrogen functional groups attached to an aromatic ring is 1. The molecule has 2 heterocycles. The minimum absolute atomic E-state index is 0.656. The van der Waals surface area contributed by atoms with E-state index in [1.165, 1.54) is 0 Å². The van der Waals surface area contributed by atoms with E-state index in [0.717, 1.165) is 17.2 Å². The lowest BCUT2D eigenvalue weighted by Gasteiger charge is -2.03. The average molecular weight is 203 g/mol. The lowest BCUT2D eigenvalue weighted by Crippen LogP contribution is -1.94. The van der Waals surface area contributed by atoms with Crippen molar-refractivity contribution in [1.29, 1.82) is 0 Å². The fraction of sp³-hybridized carbons (Fsp3) is 0.200. The van der Waals surface area contributed by atoms with Gasteiger partial charge in [-0.3, -0.25) is 4.68 Å². The van der Waals surface area contributed by atoms with Crippen LogP contribution in [0.1, 0.15) is 5.69 Å². The molecule has 0 amide bonds. The molecule has 0 unspecified atom stereocenters. The summed E-state index contributed by atoms with van der Waals surface area (Å²) < 4.78 is 1.76. The molecule has 0 bridgehead atoms. The predicted molar refractivity (Wildman–Crippen MR) is 59.9 cm³/mol. The number of aryl methyl sites for hydroxylation is 2. The molecule has 0 aliphatic rings. The number of anilines is 3. The summed E-state index contributed by atoms with van der Waals surface area (Å²) in [5, 5.41) is 7.40. The van der Waals surface area contributed by atoms with E-state index in [4.69, 9.17) is 5.73 Å². The Hall–Kier alpha value is -2.04. The summed E-state index contributed by atoms with van der Waals surface area (Å²) in [5.74, 6) is 0.764. The monoisotopic (exact) mass is 203 g/mol. The van der Waals surface area contributed by atoms with Crippen LogP contribution in [-0.2, 0) is 7.05 Å². The molecule has 0 aliphatic heterocycles. The fourth-order valence-corrected chi connectivity index (χ4v) is 1.34. The number of aromatic nitrogens is 3. The predicted octanol–water partition coefficient (Wildman–Crippen LogP) is 1.45. The lowest BCUT2D eigenvalue weighted by molar-refractivity contribution is 0.756. The Bertz CT molecular complexity index is 457. The molecule has 0 radical (unpaired) electrons. The maximum Gasteiger partial charge on any atom is 0.130 e. The normalized spacial score (nSPS) is 10.3. The third kappa shape index (κ3) is 2.07. The summed E-state index contributed by atoms with van der Waals surface area (Å²) in [6.45, 7) is 1.94. The quantitative estimate of drug-likeness (QED) is 0.775. The lowest BCUT2D eigenvalue weighted by atomic mass is 10.3. The van der Waals surface area contributed by atoms with Crippen LogP contribution < -0.4 is 11.1 Å². The van der Waals surface area contributed by atoms with Gasteiger partial charge in [-0.25, -0.2) is 4.98 Å². The number of nitrogens with two attached hydrogens (primary N) is 1. The van der Waals surface area contributed by atoms with Crippen molar-refractivity contribution in [2.75, 3.05) is 11.1 Å². The molecule has 5 nitrogen and oxygen atoms in total. The Morgan fingerprint density at radius 1 is 1.40 bits per heavy atom. The zero-order valence-electron chi connectivity index (χ0n) is 8.73. The molecule has 3 N–H and O–H groups in total. The molecule has 5 heteroatoms. The first-order valence-electron chi connectivity index (χ1n) is 4.64. The van der Waals surface area contributed by atoms with Gasteiger partial charge in [0, 0.05) is 13.2 Å².